The fourth-order valence-corrected chi connectivity index (χ4v) is 3.67. The largest absolute Gasteiger partial charge is 0.326 e. The first kappa shape index (κ1) is 11.9. The molecule has 0 aromatic rings. The molecule has 0 bridgehead atoms. The molecule has 0 aromatic heterocycles. The fraction of sp³-hybridized carbons (Fsp3) is 1.00. The number of hydrogen-bond donors (Lipinski definition) is 1. The Kier molecular flexibility index (Phi) is 3.42. The lowest BCUT2D eigenvalue weighted by atomic mass is 9.83. The fourth-order valence-electron chi connectivity index (χ4n) is 3.67. The van der Waals surface area contributed by atoms with E-state index in [1.807, 2.05) is 0 Å². The highest BCUT2D eigenvalue weighted by Crippen LogP contribution is 2.30. The average molecular weight is 237 g/mol. The molecule has 0 spiro atoms. The summed E-state index contributed by atoms with van der Waals surface area (Å²) < 4.78 is 0. The number of nitrogens with zero attached hydrogens (tertiary/aromatic N) is 2. The van der Waals surface area contributed by atoms with Gasteiger partial charge < -0.3 is 5.73 Å². The first-order valence-electron chi connectivity index (χ1n) is 7.47. The van der Waals surface area contributed by atoms with Crippen LogP contribution in [-0.4, -0.2) is 54.1 Å². The summed E-state index contributed by atoms with van der Waals surface area (Å²) in [5, 5.41) is 0. The molecular weight excluding hydrogens is 210 g/mol. The van der Waals surface area contributed by atoms with Crippen LogP contribution in [-0.2, 0) is 0 Å². The maximum atomic E-state index is 6.32. The van der Waals surface area contributed by atoms with Crippen LogP contribution in [0.25, 0.3) is 0 Å². The number of rotatable bonds is 2. The van der Waals surface area contributed by atoms with Crippen molar-refractivity contribution in [2.24, 2.45) is 11.7 Å². The maximum absolute atomic E-state index is 6.32. The molecule has 2 saturated carbocycles. The standard InChI is InChI=1S/C14H27N3/c1-11-2-5-13(15)14(10-11)17-8-6-16(7-9-17)12-3-4-12/h11-14H,2-10,15H2,1H3. The van der Waals surface area contributed by atoms with Gasteiger partial charge in [0.05, 0.1) is 0 Å². The zero-order valence-electron chi connectivity index (χ0n) is 11.1. The summed E-state index contributed by atoms with van der Waals surface area (Å²) in [6.07, 6.45) is 6.78. The van der Waals surface area contributed by atoms with Gasteiger partial charge in [-0.3, -0.25) is 9.80 Å². The first-order valence-corrected chi connectivity index (χ1v) is 7.47. The minimum atomic E-state index is 0.429. The molecule has 17 heavy (non-hydrogen) atoms. The second-order valence-electron chi connectivity index (χ2n) is 6.45. The van der Waals surface area contributed by atoms with Crippen molar-refractivity contribution < 1.29 is 0 Å². The smallest absolute Gasteiger partial charge is 0.0250 e. The average Bonchev–Trinajstić information content (AvgIpc) is 3.17. The molecule has 0 aromatic carbocycles. The Morgan fingerprint density at radius 2 is 1.53 bits per heavy atom. The zero-order valence-corrected chi connectivity index (χ0v) is 11.1. The second-order valence-corrected chi connectivity index (χ2v) is 6.45. The summed E-state index contributed by atoms with van der Waals surface area (Å²) in [5.74, 6) is 0.876. The van der Waals surface area contributed by atoms with Gasteiger partial charge in [0.15, 0.2) is 0 Å². The molecule has 3 rings (SSSR count). The maximum Gasteiger partial charge on any atom is 0.0250 e. The van der Waals surface area contributed by atoms with E-state index in [0.717, 1.165) is 12.0 Å². The normalized spacial score (nSPS) is 41.6. The van der Waals surface area contributed by atoms with Crippen molar-refractivity contribution in [2.45, 2.75) is 57.2 Å². The van der Waals surface area contributed by atoms with Gasteiger partial charge >= 0.3 is 0 Å². The highest BCUT2D eigenvalue weighted by atomic mass is 15.3. The third-order valence-electron chi connectivity index (χ3n) is 5.01. The van der Waals surface area contributed by atoms with Crippen molar-refractivity contribution >= 4 is 0 Å². The minimum absolute atomic E-state index is 0.429. The van der Waals surface area contributed by atoms with Gasteiger partial charge in [0, 0.05) is 44.3 Å². The molecule has 1 heterocycles. The zero-order chi connectivity index (χ0) is 11.8. The minimum Gasteiger partial charge on any atom is -0.326 e. The third-order valence-corrected chi connectivity index (χ3v) is 5.01. The van der Waals surface area contributed by atoms with Gasteiger partial charge in [-0.15, -0.1) is 0 Å². The molecule has 3 fully saturated rings. The Morgan fingerprint density at radius 1 is 0.882 bits per heavy atom. The summed E-state index contributed by atoms with van der Waals surface area (Å²) in [6.45, 7) is 7.45. The molecule has 98 valence electrons. The molecule has 3 heteroatoms. The van der Waals surface area contributed by atoms with Crippen molar-refractivity contribution in [3.63, 3.8) is 0 Å². The van der Waals surface area contributed by atoms with E-state index < -0.39 is 0 Å². The Labute approximate surface area is 105 Å². The van der Waals surface area contributed by atoms with Crippen LogP contribution in [0.1, 0.15) is 39.0 Å². The molecule has 1 aliphatic heterocycles. The van der Waals surface area contributed by atoms with E-state index >= 15 is 0 Å². The summed E-state index contributed by atoms with van der Waals surface area (Å²) in [4.78, 5) is 5.37. The van der Waals surface area contributed by atoms with E-state index in [-0.39, 0.29) is 0 Å². The van der Waals surface area contributed by atoms with Gasteiger partial charge in [-0.05, 0) is 38.0 Å². The van der Waals surface area contributed by atoms with Crippen molar-refractivity contribution in [1.82, 2.24) is 9.80 Å². The summed E-state index contributed by atoms with van der Waals surface area (Å²) in [7, 11) is 0. The van der Waals surface area contributed by atoms with E-state index in [1.54, 1.807) is 0 Å². The van der Waals surface area contributed by atoms with Crippen molar-refractivity contribution in [1.29, 1.82) is 0 Å². The van der Waals surface area contributed by atoms with E-state index in [4.69, 9.17) is 5.73 Å². The van der Waals surface area contributed by atoms with Gasteiger partial charge in [-0.25, -0.2) is 0 Å². The lowest BCUT2D eigenvalue weighted by Gasteiger charge is -2.44. The molecule has 3 nitrogen and oxygen atoms in total. The van der Waals surface area contributed by atoms with Crippen LogP contribution in [0.3, 0.4) is 0 Å². The van der Waals surface area contributed by atoms with E-state index in [2.05, 4.69) is 16.7 Å². The molecule has 1 saturated heterocycles. The summed E-state index contributed by atoms with van der Waals surface area (Å²) in [5.41, 5.74) is 6.32. The Balaban J connectivity index is 1.53. The van der Waals surface area contributed by atoms with E-state index in [1.165, 1.54) is 58.3 Å². The van der Waals surface area contributed by atoms with Crippen LogP contribution in [0, 0.1) is 5.92 Å². The van der Waals surface area contributed by atoms with Crippen LogP contribution in [0.15, 0.2) is 0 Å². The molecule has 2 N–H and O–H groups in total. The van der Waals surface area contributed by atoms with Crippen molar-refractivity contribution in [3.8, 4) is 0 Å². The van der Waals surface area contributed by atoms with Crippen molar-refractivity contribution in [3.05, 3.63) is 0 Å². The highest BCUT2D eigenvalue weighted by molar-refractivity contribution is 4.93. The molecule has 2 aliphatic carbocycles. The van der Waals surface area contributed by atoms with Crippen LogP contribution in [0.2, 0.25) is 0 Å². The first-order chi connectivity index (χ1) is 8.24. The number of piperazine rings is 1. The second kappa shape index (κ2) is 4.87. The van der Waals surface area contributed by atoms with Crippen LogP contribution in [0.4, 0.5) is 0 Å². The van der Waals surface area contributed by atoms with Crippen LogP contribution >= 0.6 is 0 Å². The topological polar surface area (TPSA) is 32.5 Å². The molecule has 3 atom stereocenters. The Bertz CT molecular complexity index is 256. The molecule has 0 amide bonds. The van der Waals surface area contributed by atoms with Gasteiger partial charge in [0.2, 0.25) is 0 Å². The van der Waals surface area contributed by atoms with Gasteiger partial charge in [-0.2, -0.15) is 0 Å². The highest BCUT2D eigenvalue weighted by Gasteiger charge is 2.35. The predicted octanol–water partition coefficient (Wildman–Crippen LogP) is 1.28. The monoisotopic (exact) mass is 237 g/mol. The lowest BCUT2D eigenvalue weighted by molar-refractivity contribution is 0.0557. The number of nitrogens with two attached hydrogens (primary N) is 1. The third kappa shape index (κ3) is 2.67. The molecule has 3 aliphatic rings. The summed E-state index contributed by atoms with van der Waals surface area (Å²) >= 11 is 0. The van der Waals surface area contributed by atoms with Crippen molar-refractivity contribution in [2.75, 3.05) is 26.2 Å². The predicted molar refractivity (Wildman–Crippen MR) is 70.9 cm³/mol. The van der Waals surface area contributed by atoms with Crippen LogP contribution < -0.4 is 5.73 Å². The van der Waals surface area contributed by atoms with Gasteiger partial charge in [0.25, 0.3) is 0 Å². The summed E-state index contributed by atoms with van der Waals surface area (Å²) in [6, 6.07) is 2.04. The SMILES string of the molecule is CC1CCC(N)C(N2CCN(C3CC3)CC2)C1. The quantitative estimate of drug-likeness (QED) is 0.785. The van der Waals surface area contributed by atoms with Gasteiger partial charge in [-0.1, -0.05) is 6.92 Å². The van der Waals surface area contributed by atoms with Crippen LogP contribution in [0.5, 0.6) is 0 Å². The van der Waals surface area contributed by atoms with E-state index in [9.17, 15) is 0 Å². The van der Waals surface area contributed by atoms with E-state index in [0.29, 0.717) is 12.1 Å². The molecular formula is C14H27N3. The number of hydrogen-bond acceptors (Lipinski definition) is 3. The Morgan fingerprint density at radius 3 is 2.18 bits per heavy atom. The molecule has 3 unspecified atom stereocenters. The molecule has 0 radical (unpaired) electrons. The van der Waals surface area contributed by atoms with Gasteiger partial charge in [0.1, 0.15) is 0 Å². The lowest BCUT2D eigenvalue weighted by Crippen LogP contribution is -2.57. The Hall–Kier alpha value is -0.120.